The van der Waals surface area contributed by atoms with Gasteiger partial charge in [0.15, 0.2) is 0 Å². The predicted octanol–water partition coefficient (Wildman–Crippen LogP) is 4.86. The fourth-order valence-electron chi connectivity index (χ4n) is 7.49. The van der Waals surface area contributed by atoms with Crippen LogP contribution in [0.5, 0.6) is 0 Å². The molecule has 0 N–H and O–H groups in total. The minimum Gasteiger partial charge on any atom is -0.376 e. The molecular formula is C34H44N6O2. The number of ether oxygens (including phenoxy) is 1. The van der Waals surface area contributed by atoms with Crippen molar-refractivity contribution in [1.82, 2.24) is 29.7 Å². The summed E-state index contributed by atoms with van der Waals surface area (Å²) in [6.45, 7) is 16.0. The van der Waals surface area contributed by atoms with E-state index in [-0.39, 0.29) is 23.6 Å². The molecule has 1 aromatic carbocycles. The van der Waals surface area contributed by atoms with Gasteiger partial charge in [0.1, 0.15) is 6.33 Å². The number of hydrogen-bond acceptors (Lipinski definition) is 7. The van der Waals surface area contributed by atoms with Crippen molar-refractivity contribution in [2.75, 3.05) is 39.3 Å². The van der Waals surface area contributed by atoms with Crippen LogP contribution in [0, 0.1) is 13.8 Å². The summed E-state index contributed by atoms with van der Waals surface area (Å²) in [6, 6.07) is 13.6. The standard InChI is InChI=1S/C34H44N6O2/c1-6-42-30-20-27-19-26(29-9-7-8-14-35-29)10-11-28(27)32(30)40-18-17-39(21-23(40)2)34(5)12-15-38(16-13-34)33(41)31-24(3)36-22-37-25(31)4/h7-11,14,19,22-23,30,32H,6,12-13,15-18,20-21H2,1-5H3/t23-,30+,32-/m0/s1. The second-order valence-electron chi connectivity index (χ2n) is 12.5. The minimum atomic E-state index is 0.0684. The Morgan fingerprint density at radius 2 is 1.79 bits per heavy atom. The maximum atomic E-state index is 13.4. The van der Waals surface area contributed by atoms with Crippen LogP contribution in [0.4, 0.5) is 0 Å². The molecule has 4 heterocycles. The number of piperazine rings is 1. The Labute approximate surface area is 250 Å². The van der Waals surface area contributed by atoms with Crippen molar-refractivity contribution in [1.29, 1.82) is 0 Å². The monoisotopic (exact) mass is 568 g/mol. The summed E-state index contributed by atoms with van der Waals surface area (Å²) < 4.78 is 6.38. The first-order valence-corrected chi connectivity index (χ1v) is 15.5. The topological polar surface area (TPSA) is 74.7 Å². The van der Waals surface area contributed by atoms with Gasteiger partial charge in [0, 0.05) is 69.1 Å². The van der Waals surface area contributed by atoms with Gasteiger partial charge >= 0.3 is 0 Å². The second kappa shape index (κ2) is 11.8. The third-order valence-corrected chi connectivity index (χ3v) is 9.94. The minimum absolute atomic E-state index is 0.0684. The molecule has 3 aliphatic rings. The number of fused-ring (bicyclic) bond motifs is 1. The van der Waals surface area contributed by atoms with Gasteiger partial charge in [-0.1, -0.05) is 18.2 Å². The van der Waals surface area contributed by atoms with Crippen LogP contribution in [0.2, 0.25) is 0 Å². The van der Waals surface area contributed by atoms with Crippen LogP contribution in [0.25, 0.3) is 11.3 Å². The van der Waals surface area contributed by atoms with E-state index < -0.39 is 0 Å². The molecule has 8 heteroatoms. The van der Waals surface area contributed by atoms with E-state index in [1.165, 1.54) is 23.0 Å². The number of amides is 1. The Bertz CT molecular complexity index is 1400. The van der Waals surface area contributed by atoms with Crippen molar-refractivity contribution < 1.29 is 9.53 Å². The quantitative estimate of drug-likeness (QED) is 0.421. The number of piperidine rings is 1. The molecule has 3 atom stereocenters. The van der Waals surface area contributed by atoms with Crippen molar-refractivity contribution in [3.05, 3.63) is 77.0 Å². The molecule has 0 unspecified atom stereocenters. The molecule has 2 aliphatic heterocycles. The van der Waals surface area contributed by atoms with Gasteiger partial charge in [-0.3, -0.25) is 19.6 Å². The maximum absolute atomic E-state index is 13.4. The van der Waals surface area contributed by atoms with Gasteiger partial charge in [-0.2, -0.15) is 0 Å². The number of benzene rings is 1. The highest BCUT2D eigenvalue weighted by Crippen LogP contribution is 2.42. The summed E-state index contributed by atoms with van der Waals surface area (Å²) in [5.41, 5.74) is 7.25. The average Bonchev–Trinajstić information content (AvgIpc) is 3.35. The number of aromatic nitrogens is 3. The molecule has 1 aliphatic carbocycles. The fraction of sp³-hybridized carbons (Fsp3) is 0.529. The Balaban J connectivity index is 1.14. The summed E-state index contributed by atoms with van der Waals surface area (Å²) in [7, 11) is 0. The first kappa shape index (κ1) is 28.9. The zero-order chi connectivity index (χ0) is 29.4. The second-order valence-corrected chi connectivity index (χ2v) is 12.5. The van der Waals surface area contributed by atoms with Crippen LogP contribution in [-0.4, -0.2) is 92.6 Å². The number of nitrogens with zero attached hydrogens (tertiary/aromatic N) is 6. The summed E-state index contributed by atoms with van der Waals surface area (Å²) in [5, 5.41) is 0. The Morgan fingerprint density at radius 1 is 1.02 bits per heavy atom. The summed E-state index contributed by atoms with van der Waals surface area (Å²) in [4.78, 5) is 33.9. The molecule has 0 spiro atoms. The Morgan fingerprint density at radius 3 is 2.45 bits per heavy atom. The van der Waals surface area contributed by atoms with Crippen LogP contribution < -0.4 is 0 Å². The van der Waals surface area contributed by atoms with Gasteiger partial charge in [0.25, 0.3) is 5.91 Å². The maximum Gasteiger partial charge on any atom is 0.257 e. The van der Waals surface area contributed by atoms with Gasteiger partial charge in [0.05, 0.1) is 34.8 Å². The summed E-state index contributed by atoms with van der Waals surface area (Å²) in [6.07, 6.45) is 6.45. The van der Waals surface area contributed by atoms with E-state index in [9.17, 15) is 4.79 Å². The van der Waals surface area contributed by atoms with Crippen molar-refractivity contribution in [3.8, 4) is 11.3 Å². The van der Waals surface area contributed by atoms with Gasteiger partial charge < -0.3 is 9.64 Å². The first-order chi connectivity index (χ1) is 20.3. The number of carbonyl (C=O) groups excluding carboxylic acids is 1. The molecule has 0 saturated carbocycles. The largest absolute Gasteiger partial charge is 0.376 e. The van der Waals surface area contributed by atoms with Crippen LogP contribution in [0.15, 0.2) is 48.9 Å². The lowest BCUT2D eigenvalue weighted by atomic mass is 9.86. The molecule has 2 aromatic heterocycles. The number of pyridine rings is 1. The van der Waals surface area contributed by atoms with Crippen molar-refractivity contribution >= 4 is 5.91 Å². The number of rotatable bonds is 6. The van der Waals surface area contributed by atoms with E-state index in [0.29, 0.717) is 11.6 Å². The van der Waals surface area contributed by atoms with E-state index in [4.69, 9.17) is 4.74 Å². The normalized spacial score (nSPS) is 24.5. The molecule has 8 nitrogen and oxygen atoms in total. The highest BCUT2D eigenvalue weighted by atomic mass is 16.5. The molecule has 3 aromatic rings. The molecule has 42 heavy (non-hydrogen) atoms. The number of hydrogen-bond donors (Lipinski definition) is 0. The van der Waals surface area contributed by atoms with Crippen molar-refractivity contribution in [3.63, 3.8) is 0 Å². The smallest absolute Gasteiger partial charge is 0.257 e. The number of carbonyl (C=O) groups is 1. The van der Waals surface area contributed by atoms with E-state index in [2.05, 4.69) is 69.8 Å². The number of likely N-dealkylation sites (tertiary alicyclic amines) is 1. The molecular weight excluding hydrogens is 524 g/mol. The predicted molar refractivity (Wildman–Crippen MR) is 164 cm³/mol. The zero-order valence-electron chi connectivity index (χ0n) is 25.7. The molecule has 0 radical (unpaired) electrons. The number of aryl methyl sites for hydroxylation is 2. The lowest BCUT2D eigenvalue weighted by Crippen LogP contribution is -2.62. The first-order valence-electron chi connectivity index (χ1n) is 15.5. The Kier molecular flexibility index (Phi) is 8.13. The molecule has 2 saturated heterocycles. The average molecular weight is 569 g/mol. The van der Waals surface area contributed by atoms with E-state index >= 15 is 0 Å². The van der Waals surface area contributed by atoms with Gasteiger partial charge in [-0.15, -0.1) is 0 Å². The summed E-state index contributed by atoms with van der Waals surface area (Å²) >= 11 is 0. The lowest BCUT2D eigenvalue weighted by molar-refractivity contribution is -0.0630. The van der Waals surface area contributed by atoms with Crippen LogP contribution in [0.1, 0.15) is 72.5 Å². The van der Waals surface area contributed by atoms with Gasteiger partial charge in [0.2, 0.25) is 0 Å². The molecule has 2 fully saturated rings. The summed E-state index contributed by atoms with van der Waals surface area (Å²) in [5.74, 6) is 0.0684. The van der Waals surface area contributed by atoms with Crippen LogP contribution >= 0.6 is 0 Å². The lowest BCUT2D eigenvalue weighted by Gasteiger charge is -2.53. The van der Waals surface area contributed by atoms with Gasteiger partial charge in [-0.25, -0.2) is 9.97 Å². The van der Waals surface area contributed by atoms with E-state index in [0.717, 1.165) is 75.7 Å². The van der Waals surface area contributed by atoms with E-state index in [1.807, 2.05) is 37.1 Å². The van der Waals surface area contributed by atoms with Crippen molar-refractivity contribution in [2.24, 2.45) is 0 Å². The van der Waals surface area contributed by atoms with Gasteiger partial charge in [-0.05, 0) is 76.8 Å². The highest BCUT2D eigenvalue weighted by molar-refractivity contribution is 5.96. The molecule has 0 bridgehead atoms. The SMILES string of the molecule is CCO[C@@H]1Cc2cc(-c3ccccn3)ccc2[C@@H]1N1CCN(C2(C)CCN(C(=O)c3c(C)ncnc3C)CC2)C[C@@H]1C. The third kappa shape index (κ3) is 5.36. The fourth-order valence-corrected chi connectivity index (χ4v) is 7.49. The van der Waals surface area contributed by atoms with Crippen LogP contribution in [0.3, 0.4) is 0 Å². The molecule has 1 amide bonds. The molecule has 6 rings (SSSR count). The third-order valence-electron chi connectivity index (χ3n) is 9.94. The Hall–Kier alpha value is -3.20. The van der Waals surface area contributed by atoms with Crippen LogP contribution in [-0.2, 0) is 11.2 Å². The molecule has 222 valence electrons. The highest BCUT2D eigenvalue weighted by Gasteiger charge is 2.44. The van der Waals surface area contributed by atoms with E-state index in [1.54, 1.807) is 0 Å². The van der Waals surface area contributed by atoms with Crippen molar-refractivity contribution in [2.45, 2.75) is 77.6 Å². The zero-order valence-corrected chi connectivity index (χ0v) is 25.7.